The Labute approximate surface area is 101 Å². The van der Waals surface area contributed by atoms with Crippen LogP contribution in [0.3, 0.4) is 0 Å². The van der Waals surface area contributed by atoms with E-state index in [2.05, 4.69) is 11.2 Å². The van der Waals surface area contributed by atoms with Gasteiger partial charge in [-0.2, -0.15) is 0 Å². The molecule has 1 aliphatic heterocycles. The molecule has 0 aromatic carbocycles. The van der Waals surface area contributed by atoms with Gasteiger partial charge in [-0.05, 0) is 20.3 Å². The Morgan fingerprint density at radius 3 is 2.76 bits per heavy atom. The highest BCUT2D eigenvalue weighted by Gasteiger charge is 2.42. The third-order valence-corrected chi connectivity index (χ3v) is 3.07. The van der Waals surface area contributed by atoms with E-state index in [1.807, 2.05) is 6.92 Å². The minimum Gasteiger partial charge on any atom is -0.481 e. The molecule has 1 saturated heterocycles. The zero-order valence-corrected chi connectivity index (χ0v) is 10.2. The van der Waals surface area contributed by atoms with Crippen molar-refractivity contribution in [2.24, 2.45) is 5.41 Å². The Hall–Kier alpha value is -1.70. The number of carboxylic acids is 1. The molecule has 0 aromatic heterocycles. The highest BCUT2D eigenvalue weighted by atomic mass is 16.4. The van der Waals surface area contributed by atoms with Crippen LogP contribution in [0.4, 0.5) is 4.79 Å². The highest BCUT2D eigenvalue weighted by molar-refractivity contribution is 5.79. The summed E-state index contributed by atoms with van der Waals surface area (Å²) in [7, 11) is 0. The first kappa shape index (κ1) is 13.4. The molecule has 2 N–H and O–H groups in total. The summed E-state index contributed by atoms with van der Waals surface area (Å²) in [5, 5.41) is 11.8. The smallest absolute Gasteiger partial charge is 0.317 e. The maximum absolute atomic E-state index is 11.8. The third-order valence-electron chi connectivity index (χ3n) is 3.07. The van der Waals surface area contributed by atoms with E-state index in [0.29, 0.717) is 19.4 Å². The Bertz CT molecular complexity index is 361. The summed E-state index contributed by atoms with van der Waals surface area (Å²) in [5.74, 6) is 1.61. The average molecular weight is 238 g/mol. The summed E-state index contributed by atoms with van der Waals surface area (Å²) in [4.78, 5) is 24.4. The Kier molecular flexibility index (Phi) is 4.00. The Morgan fingerprint density at radius 1 is 1.65 bits per heavy atom. The van der Waals surface area contributed by atoms with Gasteiger partial charge in [0, 0.05) is 25.6 Å². The van der Waals surface area contributed by atoms with Crippen molar-refractivity contribution >= 4 is 12.0 Å². The predicted molar refractivity (Wildman–Crippen MR) is 63.4 cm³/mol. The van der Waals surface area contributed by atoms with Crippen LogP contribution in [0, 0.1) is 17.8 Å². The monoisotopic (exact) mass is 238 g/mol. The number of nitrogens with zero attached hydrogens (tertiary/aromatic N) is 1. The number of nitrogens with one attached hydrogen (secondary N) is 1. The number of hydrogen-bond acceptors (Lipinski definition) is 2. The number of carbonyl (C=O) groups is 2. The van der Waals surface area contributed by atoms with E-state index in [4.69, 9.17) is 11.5 Å². The zero-order chi connectivity index (χ0) is 13.1. The number of likely N-dealkylation sites (tertiary alicyclic amines) is 1. The minimum absolute atomic E-state index is 0.0933. The summed E-state index contributed by atoms with van der Waals surface area (Å²) >= 11 is 0. The van der Waals surface area contributed by atoms with Gasteiger partial charge in [-0.1, -0.05) is 0 Å². The van der Waals surface area contributed by atoms with Gasteiger partial charge >= 0.3 is 12.0 Å². The zero-order valence-electron chi connectivity index (χ0n) is 10.2. The number of rotatable bonds is 3. The van der Waals surface area contributed by atoms with Crippen LogP contribution in [-0.2, 0) is 4.79 Å². The molecule has 1 heterocycles. The fourth-order valence-electron chi connectivity index (χ4n) is 1.84. The van der Waals surface area contributed by atoms with Gasteiger partial charge in [-0.15, -0.1) is 12.3 Å². The summed E-state index contributed by atoms with van der Waals surface area (Å²) < 4.78 is 0. The van der Waals surface area contributed by atoms with E-state index in [-0.39, 0.29) is 18.6 Å². The lowest BCUT2D eigenvalue weighted by Gasteiger charge is -2.22. The molecule has 2 atom stereocenters. The molecule has 94 valence electrons. The van der Waals surface area contributed by atoms with Crippen LogP contribution in [0.25, 0.3) is 0 Å². The van der Waals surface area contributed by atoms with Crippen LogP contribution >= 0.6 is 0 Å². The highest BCUT2D eigenvalue weighted by Crippen LogP contribution is 2.29. The van der Waals surface area contributed by atoms with Gasteiger partial charge in [0.05, 0.1) is 5.41 Å². The van der Waals surface area contributed by atoms with Crippen molar-refractivity contribution in [3.05, 3.63) is 0 Å². The molecule has 1 rings (SSSR count). The predicted octanol–water partition coefficient (Wildman–Crippen LogP) is 0.904. The fraction of sp³-hybridized carbons (Fsp3) is 0.667. The van der Waals surface area contributed by atoms with Gasteiger partial charge in [0.1, 0.15) is 0 Å². The van der Waals surface area contributed by atoms with Crippen molar-refractivity contribution < 1.29 is 14.7 Å². The molecular formula is C12H18N2O3. The van der Waals surface area contributed by atoms with Crippen LogP contribution < -0.4 is 5.32 Å². The van der Waals surface area contributed by atoms with E-state index >= 15 is 0 Å². The van der Waals surface area contributed by atoms with Gasteiger partial charge in [-0.25, -0.2) is 4.79 Å². The van der Waals surface area contributed by atoms with E-state index in [9.17, 15) is 9.59 Å². The first-order valence-corrected chi connectivity index (χ1v) is 5.61. The van der Waals surface area contributed by atoms with Gasteiger partial charge in [0.2, 0.25) is 0 Å². The summed E-state index contributed by atoms with van der Waals surface area (Å²) in [6.07, 6.45) is 6.10. The van der Waals surface area contributed by atoms with Crippen LogP contribution in [0.15, 0.2) is 0 Å². The number of urea groups is 1. The Morgan fingerprint density at radius 2 is 2.29 bits per heavy atom. The molecule has 2 amide bonds. The van der Waals surface area contributed by atoms with Crippen LogP contribution in [0.1, 0.15) is 26.7 Å². The SMILES string of the molecule is C#CCC(C)NC(=O)N1CCC(C)(C(=O)O)C1. The van der Waals surface area contributed by atoms with E-state index in [0.717, 1.165) is 0 Å². The molecule has 0 aliphatic carbocycles. The molecule has 5 nitrogen and oxygen atoms in total. The quantitative estimate of drug-likeness (QED) is 0.718. The number of carbonyl (C=O) groups excluding carboxylic acids is 1. The van der Waals surface area contributed by atoms with Crippen LogP contribution in [0.5, 0.6) is 0 Å². The van der Waals surface area contributed by atoms with E-state index in [1.165, 1.54) is 4.90 Å². The van der Waals surface area contributed by atoms with Crippen molar-refractivity contribution in [3.8, 4) is 12.3 Å². The summed E-state index contributed by atoms with van der Waals surface area (Å²) in [6, 6.07) is -0.332. The normalized spacial score (nSPS) is 25.1. The molecular weight excluding hydrogens is 220 g/mol. The second kappa shape index (κ2) is 5.09. The number of terminal acetylenes is 1. The molecule has 0 aromatic rings. The molecule has 2 unspecified atom stereocenters. The second-order valence-electron chi connectivity index (χ2n) is 4.80. The number of amides is 2. The molecule has 17 heavy (non-hydrogen) atoms. The molecule has 1 aliphatic rings. The molecule has 0 bridgehead atoms. The fourth-order valence-corrected chi connectivity index (χ4v) is 1.84. The van der Waals surface area contributed by atoms with Crippen LogP contribution in [-0.4, -0.2) is 41.1 Å². The summed E-state index contributed by atoms with van der Waals surface area (Å²) in [5.41, 5.74) is -0.827. The van der Waals surface area contributed by atoms with Crippen LogP contribution in [0.2, 0.25) is 0 Å². The first-order chi connectivity index (χ1) is 7.89. The maximum Gasteiger partial charge on any atom is 0.317 e. The van der Waals surface area contributed by atoms with Crippen molar-refractivity contribution in [1.82, 2.24) is 10.2 Å². The lowest BCUT2D eigenvalue weighted by molar-refractivity contribution is -0.146. The van der Waals surface area contributed by atoms with Crippen molar-refractivity contribution in [2.75, 3.05) is 13.1 Å². The van der Waals surface area contributed by atoms with E-state index < -0.39 is 11.4 Å². The van der Waals surface area contributed by atoms with E-state index in [1.54, 1.807) is 6.92 Å². The third kappa shape index (κ3) is 3.13. The number of hydrogen-bond donors (Lipinski definition) is 2. The number of aliphatic carboxylic acids is 1. The van der Waals surface area contributed by atoms with Gasteiger partial charge in [-0.3, -0.25) is 4.79 Å². The largest absolute Gasteiger partial charge is 0.481 e. The first-order valence-electron chi connectivity index (χ1n) is 5.61. The standard InChI is InChI=1S/C12H18N2O3/c1-4-5-9(2)13-11(17)14-7-6-12(3,8-14)10(15)16/h1,9H,5-8H2,2-3H3,(H,13,17)(H,15,16). The van der Waals surface area contributed by atoms with Gasteiger partial charge in [0.15, 0.2) is 0 Å². The lowest BCUT2D eigenvalue weighted by atomic mass is 9.90. The molecule has 0 saturated carbocycles. The molecule has 5 heteroatoms. The summed E-state index contributed by atoms with van der Waals surface area (Å²) in [6.45, 7) is 4.20. The molecule has 0 radical (unpaired) electrons. The maximum atomic E-state index is 11.8. The second-order valence-corrected chi connectivity index (χ2v) is 4.80. The molecule has 0 spiro atoms. The minimum atomic E-state index is -0.857. The number of carboxylic acid groups (broad SMARTS) is 1. The topological polar surface area (TPSA) is 69.6 Å². The lowest BCUT2D eigenvalue weighted by Crippen LogP contribution is -2.44. The van der Waals surface area contributed by atoms with Crippen molar-refractivity contribution in [1.29, 1.82) is 0 Å². The van der Waals surface area contributed by atoms with Gasteiger partial charge < -0.3 is 15.3 Å². The van der Waals surface area contributed by atoms with Crippen molar-refractivity contribution in [2.45, 2.75) is 32.7 Å². The molecule has 1 fully saturated rings. The van der Waals surface area contributed by atoms with Crippen molar-refractivity contribution in [3.63, 3.8) is 0 Å². The van der Waals surface area contributed by atoms with Gasteiger partial charge in [0.25, 0.3) is 0 Å². The Balaban J connectivity index is 2.52. The average Bonchev–Trinajstić information content (AvgIpc) is 2.62.